The summed E-state index contributed by atoms with van der Waals surface area (Å²) in [5, 5.41) is -0.369. The third-order valence-corrected chi connectivity index (χ3v) is 4.13. The molecule has 0 radical (unpaired) electrons. The highest BCUT2D eigenvalue weighted by Gasteiger charge is 2.21. The molecule has 0 heterocycles. The van der Waals surface area contributed by atoms with Crippen molar-refractivity contribution in [2.75, 3.05) is 20.2 Å². The minimum atomic E-state index is -3.12. The number of hydrogen-bond acceptors (Lipinski definition) is 3. The molecule has 0 atom stereocenters. The zero-order chi connectivity index (χ0) is 11.4. The van der Waals surface area contributed by atoms with Crippen LogP contribution in [0.1, 0.15) is 27.7 Å². The average Bonchev–Trinajstić information content (AvgIpc) is 2.02. The van der Waals surface area contributed by atoms with Gasteiger partial charge in [0.15, 0.2) is 0 Å². The lowest BCUT2D eigenvalue weighted by molar-refractivity contribution is 0.0736. The lowest BCUT2D eigenvalue weighted by Crippen LogP contribution is -2.35. The number of rotatable bonds is 6. The molecule has 0 fully saturated rings. The normalized spacial score (nSPS) is 13.1. The van der Waals surface area contributed by atoms with Gasteiger partial charge >= 0.3 is 0 Å². The van der Waals surface area contributed by atoms with Crippen molar-refractivity contribution in [3.63, 3.8) is 0 Å². The third kappa shape index (κ3) is 4.39. The summed E-state index contributed by atoms with van der Waals surface area (Å²) in [4.78, 5) is 0. The molecule has 0 saturated heterocycles. The molecule has 0 aliphatic rings. The van der Waals surface area contributed by atoms with Gasteiger partial charge in [-0.2, -0.15) is 0 Å². The fourth-order valence-corrected chi connectivity index (χ4v) is 1.95. The summed E-state index contributed by atoms with van der Waals surface area (Å²) in [5.41, 5.74) is 0. The van der Waals surface area contributed by atoms with Crippen LogP contribution < -0.4 is 0 Å². The number of ether oxygens (including phenoxy) is 1. The number of nitrogens with zero attached hydrogens (tertiary/aromatic N) is 1. The first-order chi connectivity index (χ1) is 6.28. The zero-order valence-electron chi connectivity index (χ0n) is 9.65. The number of sulfonamides is 1. The molecule has 0 saturated carbocycles. The van der Waals surface area contributed by atoms with Crippen LogP contribution in [0.3, 0.4) is 0 Å². The second-order valence-electron chi connectivity index (χ2n) is 3.83. The molecular formula is C9H21NO3S. The van der Waals surface area contributed by atoms with E-state index < -0.39 is 10.0 Å². The van der Waals surface area contributed by atoms with E-state index in [9.17, 15) is 8.42 Å². The molecule has 5 heteroatoms. The van der Waals surface area contributed by atoms with Gasteiger partial charge in [0.2, 0.25) is 10.0 Å². The first-order valence-corrected chi connectivity index (χ1v) is 6.35. The van der Waals surface area contributed by atoms with E-state index in [4.69, 9.17) is 4.74 Å². The standard InChI is InChI=1S/C9H21NO3S/c1-8(2)13-7-6-10(5)14(11,12)9(3)4/h8-9H,6-7H2,1-5H3. The molecule has 4 nitrogen and oxygen atoms in total. The highest BCUT2D eigenvalue weighted by Crippen LogP contribution is 2.05. The van der Waals surface area contributed by atoms with E-state index >= 15 is 0 Å². The molecule has 0 aromatic rings. The van der Waals surface area contributed by atoms with E-state index in [0.717, 1.165) is 0 Å². The van der Waals surface area contributed by atoms with Crippen LogP contribution in [-0.4, -0.2) is 44.3 Å². The van der Waals surface area contributed by atoms with Crippen LogP contribution in [-0.2, 0) is 14.8 Å². The van der Waals surface area contributed by atoms with Crippen LogP contribution in [0.5, 0.6) is 0 Å². The summed E-state index contributed by atoms with van der Waals surface area (Å²) in [5.74, 6) is 0. The molecule has 14 heavy (non-hydrogen) atoms. The van der Waals surface area contributed by atoms with Gasteiger partial charge in [-0.1, -0.05) is 0 Å². The topological polar surface area (TPSA) is 46.6 Å². The predicted molar refractivity (Wildman–Crippen MR) is 57.8 cm³/mol. The smallest absolute Gasteiger partial charge is 0.216 e. The van der Waals surface area contributed by atoms with Crippen molar-refractivity contribution in [3.05, 3.63) is 0 Å². The average molecular weight is 223 g/mol. The zero-order valence-corrected chi connectivity index (χ0v) is 10.5. The van der Waals surface area contributed by atoms with Crippen molar-refractivity contribution in [2.45, 2.75) is 39.0 Å². The maximum atomic E-state index is 11.6. The third-order valence-electron chi connectivity index (χ3n) is 1.89. The predicted octanol–water partition coefficient (Wildman–Crippen LogP) is 1.08. The molecule has 0 N–H and O–H groups in total. The molecule has 0 amide bonds. The molecule has 0 aliphatic heterocycles. The summed E-state index contributed by atoms with van der Waals surface area (Å²) < 4.78 is 29.8. The number of hydrogen-bond donors (Lipinski definition) is 0. The van der Waals surface area contributed by atoms with Gasteiger partial charge in [0.1, 0.15) is 0 Å². The van der Waals surface area contributed by atoms with Crippen molar-refractivity contribution in [1.82, 2.24) is 4.31 Å². The Morgan fingerprint density at radius 2 is 1.71 bits per heavy atom. The van der Waals surface area contributed by atoms with Gasteiger partial charge in [-0.25, -0.2) is 12.7 Å². The van der Waals surface area contributed by atoms with E-state index in [0.29, 0.717) is 13.2 Å². The van der Waals surface area contributed by atoms with Crippen molar-refractivity contribution in [2.24, 2.45) is 0 Å². The molecule has 0 rings (SSSR count). The van der Waals surface area contributed by atoms with Crippen LogP contribution >= 0.6 is 0 Å². The monoisotopic (exact) mass is 223 g/mol. The summed E-state index contributed by atoms with van der Waals surface area (Å²) in [6, 6.07) is 0. The van der Waals surface area contributed by atoms with E-state index in [1.165, 1.54) is 4.31 Å². The molecule has 86 valence electrons. The quantitative estimate of drug-likeness (QED) is 0.677. The lowest BCUT2D eigenvalue weighted by Gasteiger charge is -2.20. The Balaban J connectivity index is 4.03. The van der Waals surface area contributed by atoms with Gasteiger partial charge in [0.05, 0.1) is 18.0 Å². The van der Waals surface area contributed by atoms with Gasteiger partial charge in [-0.15, -0.1) is 0 Å². The summed E-state index contributed by atoms with van der Waals surface area (Å²) >= 11 is 0. The Labute approximate surface area is 87.3 Å². The fraction of sp³-hybridized carbons (Fsp3) is 1.00. The SMILES string of the molecule is CC(C)OCCN(C)S(=O)(=O)C(C)C. The van der Waals surface area contributed by atoms with Gasteiger partial charge in [-0.05, 0) is 27.7 Å². The maximum absolute atomic E-state index is 11.6. The van der Waals surface area contributed by atoms with Crippen LogP contribution in [0, 0.1) is 0 Å². The first-order valence-electron chi connectivity index (χ1n) is 4.85. The summed E-state index contributed by atoms with van der Waals surface area (Å²) in [6.07, 6.45) is 0.144. The van der Waals surface area contributed by atoms with Crippen LogP contribution in [0.2, 0.25) is 0 Å². The van der Waals surface area contributed by atoms with Crippen LogP contribution in [0.25, 0.3) is 0 Å². The second-order valence-corrected chi connectivity index (χ2v) is 6.43. The van der Waals surface area contributed by atoms with Gasteiger partial charge < -0.3 is 4.74 Å². The van der Waals surface area contributed by atoms with Gasteiger partial charge in [0.25, 0.3) is 0 Å². The van der Waals surface area contributed by atoms with Crippen molar-refractivity contribution >= 4 is 10.0 Å². The Kier molecular flexibility index (Phi) is 5.63. The van der Waals surface area contributed by atoms with E-state index in [2.05, 4.69) is 0 Å². The number of likely N-dealkylation sites (N-methyl/N-ethyl adjacent to an activating group) is 1. The minimum absolute atomic E-state index is 0.144. The molecule has 0 bridgehead atoms. The Morgan fingerprint density at radius 3 is 2.07 bits per heavy atom. The van der Waals surface area contributed by atoms with Gasteiger partial charge in [0, 0.05) is 13.6 Å². The van der Waals surface area contributed by atoms with Crippen molar-refractivity contribution in [1.29, 1.82) is 0 Å². The second kappa shape index (κ2) is 5.68. The largest absolute Gasteiger partial charge is 0.377 e. The maximum Gasteiger partial charge on any atom is 0.216 e. The van der Waals surface area contributed by atoms with Crippen molar-refractivity contribution in [3.8, 4) is 0 Å². The lowest BCUT2D eigenvalue weighted by atomic mass is 10.5. The minimum Gasteiger partial charge on any atom is -0.377 e. The highest BCUT2D eigenvalue weighted by atomic mass is 32.2. The van der Waals surface area contributed by atoms with Gasteiger partial charge in [-0.3, -0.25) is 0 Å². The van der Waals surface area contributed by atoms with E-state index in [-0.39, 0.29) is 11.4 Å². The Morgan fingerprint density at radius 1 is 1.21 bits per heavy atom. The van der Waals surface area contributed by atoms with Crippen LogP contribution in [0.4, 0.5) is 0 Å². The molecule has 0 aliphatic carbocycles. The molecular weight excluding hydrogens is 202 g/mol. The summed E-state index contributed by atoms with van der Waals surface area (Å²) in [7, 11) is -1.54. The summed E-state index contributed by atoms with van der Waals surface area (Å²) in [6.45, 7) is 8.07. The molecule has 0 unspecified atom stereocenters. The fourth-order valence-electron chi connectivity index (χ4n) is 0.904. The molecule has 0 spiro atoms. The first kappa shape index (κ1) is 13.9. The Hall–Kier alpha value is -0.130. The highest BCUT2D eigenvalue weighted by molar-refractivity contribution is 7.89. The molecule has 0 aromatic heterocycles. The Bertz CT molecular complexity index is 247. The van der Waals surface area contributed by atoms with Crippen molar-refractivity contribution < 1.29 is 13.2 Å². The molecule has 0 aromatic carbocycles. The van der Waals surface area contributed by atoms with E-state index in [1.807, 2.05) is 13.8 Å². The van der Waals surface area contributed by atoms with E-state index in [1.54, 1.807) is 20.9 Å². The van der Waals surface area contributed by atoms with Crippen LogP contribution in [0.15, 0.2) is 0 Å².